The monoisotopic (exact) mass is 236 g/mol. The standard InChI is InChI=1S/C13H20N2O2/c1-4-17-9-13(16)15-12-8-6-5-7-11(12)10(2)14-3/h5-8,10,14H,4,9H2,1-3H3,(H,15,16). The number of anilines is 1. The summed E-state index contributed by atoms with van der Waals surface area (Å²) < 4.78 is 5.07. The summed E-state index contributed by atoms with van der Waals surface area (Å²) in [4.78, 5) is 11.6. The van der Waals surface area contributed by atoms with E-state index in [0.717, 1.165) is 11.3 Å². The van der Waals surface area contributed by atoms with Crippen LogP contribution in [0.4, 0.5) is 5.69 Å². The number of hydrogen-bond donors (Lipinski definition) is 2. The SMILES string of the molecule is CCOCC(=O)Nc1ccccc1C(C)NC. The molecule has 0 bridgehead atoms. The third-order valence-electron chi connectivity index (χ3n) is 2.57. The zero-order chi connectivity index (χ0) is 12.7. The predicted octanol–water partition coefficient (Wildman–Crippen LogP) is 1.94. The molecule has 1 aromatic carbocycles. The minimum absolute atomic E-state index is 0.0960. The highest BCUT2D eigenvalue weighted by atomic mass is 16.5. The Bertz CT molecular complexity index is 366. The number of rotatable bonds is 6. The van der Waals surface area contributed by atoms with Crippen molar-refractivity contribution >= 4 is 11.6 Å². The minimum Gasteiger partial charge on any atom is -0.372 e. The number of nitrogens with one attached hydrogen (secondary N) is 2. The predicted molar refractivity (Wildman–Crippen MR) is 69.0 cm³/mol. The molecule has 4 nitrogen and oxygen atoms in total. The van der Waals surface area contributed by atoms with Crippen LogP contribution in [-0.4, -0.2) is 26.2 Å². The number of amides is 1. The van der Waals surface area contributed by atoms with E-state index in [1.54, 1.807) is 0 Å². The van der Waals surface area contributed by atoms with E-state index in [1.165, 1.54) is 0 Å². The highest BCUT2D eigenvalue weighted by Crippen LogP contribution is 2.21. The van der Waals surface area contributed by atoms with Crippen molar-refractivity contribution in [3.8, 4) is 0 Å². The van der Waals surface area contributed by atoms with E-state index in [2.05, 4.69) is 10.6 Å². The summed E-state index contributed by atoms with van der Waals surface area (Å²) in [6.07, 6.45) is 0. The summed E-state index contributed by atoms with van der Waals surface area (Å²) in [6.45, 7) is 4.55. The first-order valence-electron chi connectivity index (χ1n) is 5.82. The van der Waals surface area contributed by atoms with Gasteiger partial charge in [0.25, 0.3) is 0 Å². The second kappa shape index (κ2) is 7.04. The Morgan fingerprint density at radius 1 is 1.41 bits per heavy atom. The van der Waals surface area contributed by atoms with E-state index < -0.39 is 0 Å². The summed E-state index contributed by atoms with van der Waals surface area (Å²) in [5.41, 5.74) is 1.90. The van der Waals surface area contributed by atoms with E-state index in [4.69, 9.17) is 4.74 Å². The van der Waals surface area contributed by atoms with Crippen molar-refractivity contribution in [1.82, 2.24) is 5.32 Å². The fourth-order valence-electron chi connectivity index (χ4n) is 1.52. The Kier molecular flexibility index (Phi) is 5.66. The summed E-state index contributed by atoms with van der Waals surface area (Å²) in [5, 5.41) is 6.01. The van der Waals surface area contributed by atoms with Gasteiger partial charge in [0, 0.05) is 18.3 Å². The third-order valence-corrected chi connectivity index (χ3v) is 2.57. The molecule has 0 aliphatic carbocycles. The van der Waals surface area contributed by atoms with Crippen molar-refractivity contribution in [1.29, 1.82) is 0 Å². The molecule has 0 aromatic heterocycles. The maximum absolute atomic E-state index is 11.6. The van der Waals surface area contributed by atoms with E-state index in [9.17, 15) is 4.79 Å². The van der Waals surface area contributed by atoms with Crippen LogP contribution in [0.3, 0.4) is 0 Å². The van der Waals surface area contributed by atoms with Gasteiger partial charge in [0.1, 0.15) is 6.61 Å². The summed E-state index contributed by atoms with van der Waals surface area (Å²) in [5.74, 6) is -0.123. The van der Waals surface area contributed by atoms with Crippen LogP contribution in [0.2, 0.25) is 0 Å². The number of hydrogen-bond acceptors (Lipinski definition) is 3. The molecular formula is C13H20N2O2. The van der Waals surface area contributed by atoms with Gasteiger partial charge < -0.3 is 15.4 Å². The quantitative estimate of drug-likeness (QED) is 0.793. The smallest absolute Gasteiger partial charge is 0.250 e. The molecule has 0 saturated carbocycles. The second-order valence-corrected chi connectivity index (χ2v) is 3.78. The first kappa shape index (κ1) is 13.7. The van der Waals surface area contributed by atoms with Crippen LogP contribution in [0, 0.1) is 0 Å². The Hall–Kier alpha value is -1.39. The van der Waals surface area contributed by atoms with E-state index in [-0.39, 0.29) is 18.6 Å². The molecule has 0 spiro atoms. The molecule has 0 heterocycles. The minimum atomic E-state index is -0.123. The van der Waals surface area contributed by atoms with Crippen LogP contribution in [0.5, 0.6) is 0 Å². The Labute approximate surface area is 102 Å². The van der Waals surface area contributed by atoms with Gasteiger partial charge in [0.2, 0.25) is 5.91 Å². The molecule has 4 heteroatoms. The molecular weight excluding hydrogens is 216 g/mol. The van der Waals surface area contributed by atoms with Crippen molar-refractivity contribution in [2.45, 2.75) is 19.9 Å². The van der Waals surface area contributed by atoms with Gasteiger partial charge in [0.15, 0.2) is 0 Å². The molecule has 1 unspecified atom stereocenters. The molecule has 1 amide bonds. The number of carbonyl (C=O) groups excluding carboxylic acids is 1. The highest BCUT2D eigenvalue weighted by Gasteiger charge is 2.10. The third kappa shape index (κ3) is 4.17. The zero-order valence-electron chi connectivity index (χ0n) is 10.6. The maximum atomic E-state index is 11.6. The molecule has 2 N–H and O–H groups in total. The van der Waals surface area contributed by atoms with Crippen molar-refractivity contribution in [3.63, 3.8) is 0 Å². The van der Waals surface area contributed by atoms with Gasteiger partial charge in [-0.25, -0.2) is 0 Å². The number of carbonyl (C=O) groups is 1. The molecule has 94 valence electrons. The molecule has 0 aliphatic rings. The van der Waals surface area contributed by atoms with Crippen LogP contribution >= 0.6 is 0 Å². The summed E-state index contributed by atoms with van der Waals surface area (Å²) in [6, 6.07) is 7.95. The lowest BCUT2D eigenvalue weighted by atomic mass is 10.1. The average Bonchev–Trinajstić information content (AvgIpc) is 2.36. The lowest BCUT2D eigenvalue weighted by Gasteiger charge is -2.16. The Morgan fingerprint density at radius 3 is 2.76 bits per heavy atom. The van der Waals surface area contributed by atoms with Gasteiger partial charge in [-0.3, -0.25) is 4.79 Å². The largest absolute Gasteiger partial charge is 0.372 e. The van der Waals surface area contributed by atoms with Crippen LogP contribution < -0.4 is 10.6 Å². The lowest BCUT2D eigenvalue weighted by Crippen LogP contribution is -2.21. The average molecular weight is 236 g/mol. The van der Waals surface area contributed by atoms with Crippen molar-refractivity contribution < 1.29 is 9.53 Å². The molecule has 1 rings (SSSR count). The van der Waals surface area contributed by atoms with Gasteiger partial charge in [-0.05, 0) is 32.5 Å². The zero-order valence-corrected chi connectivity index (χ0v) is 10.6. The first-order valence-corrected chi connectivity index (χ1v) is 5.82. The second-order valence-electron chi connectivity index (χ2n) is 3.78. The van der Waals surface area contributed by atoms with Gasteiger partial charge in [-0.1, -0.05) is 18.2 Å². The number of ether oxygens (including phenoxy) is 1. The van der Waals surface area contributed by atoms with E-state index in [1.807, 2.05) is 45.2 Å². The first-order chi connectivity index (χ1) is 8.19. The topological polar surface area (TPSA) is 50.4 Å². The van der Waals surface area contributed by atoms with Crippen LogP contribution in [0.25, 0.3) is 0 Å². The summed E-state index contributed by atoms with van der Waals surface area (Å²) in [7, 11) is 1.89. The Balaban J connectivity index is 2.73. The van der Waals surface area contributed by atoms with Crippen molar-refractivity contribution in [2.24, 2.45) is 0 Å². The van der Waals surface area contributed by atoms with Crippen molar-refractivity contribution in [3.05, 3.63) is 29.8 Å². The molecule has 0 radical (unpaired) electrons. The van der Waals surface area contributed by atoms with Crippen molar-refractivity contribution in [2.75, 3.05) is 25.6 Å². The van der Waals surface area contributed by atoms with Gasteiger partial charge in [-0.15, -0.1) is 0 Å². The molecule has 17 heavy (non-hydrogen) atoms. The number of para-hydroxylation sites is 1. The molecule has 1 atom stereocenters. The fraction of sp³-hybridized carbons (Fsp3) is 0.462. The lowest BCUT2D eigenvalue weighted by molar-refractivity contribution is -0.120. The number of benzene rings is 1. The maximum Gasteiger partial charge on any atom is 0.250 e. The molecule has 0 fully saturated rings. The summed E-state index contributed by atoms with van der Waals surface area (Å²) >= 11 is 0. The highest BCUT2D eigenvalue weighted by molar-refractivity contribution is 5.92. The fourth-order valence-corrected chi connectivity index (χ4v) is 1.52. The van der Waals surface area contributed by atoms with Gasteiger partial charge in [-0.2, -0.15) is 0 Å². The van der Waals surface area contributed by atoms with Gasteiger partial charge >= 0.3 is 0 Å². The van der Waals surface area contributed by atoms with Crippen LogP contribution in [-0.2, 0) is 9.53 Å². The normalized spacial score (nSPS) is 12.2. The molecule has 0 aliphatic heterocycles. The van der Waals surface area contributed by atoms with E-state index >= 15 is 0 Å². The molecule has 0 saturated heterocycles. The molecule has 1 aromatic rings. The van der Waals surface area contributed by atoms with E-state index in [0.29, 0.717) is 6.61 Å². The van der Waals surface area contributed by atoms with Crippen LogP contribution in [0.15, 0.2) is 24.3 Å². The van der Waals surface area contributed by atoms with Gasteiger partial charge in [0.05, 0.1) is 0 Å². The Morgan fingerprint density at radius 2 is 2.12 bits per heavy atom. The van der Waals surface area contributed by atoms with Crippen LogP contribution in [0.1, 0.15) is 25.5 Å².